The molecule has 2 aromatic rings. The summed E-state index contributed by atoms with van der Waals surface area (Å²) in [5, 5.41) is 8.32. The first kappa shape index (κ1) is 13.7. The SMILES string of the molecule is CCC(N)c1cn(Cc2c(C)cc(C)cc2C)nn1. The molecule has 0 saturated carbocycles. The molecule has 1 atom stereocenters. The van der Waals surface area contributed by atoms with E-state index in [1.54, 1.807) is 0 Å². The third-order valence-electron chi connectivity index (χ3n) is 3.54. The highest BCUT2D eigenvalue weighted by Gasteiger charge is 2.10. The van der Waals surface area contributed by atoms with Gasteiger partial charge in [0, 0.05) is 0 Å². The Balaban J connectivity index is 2.24. The van der Waals surface area contributed by atoms with Crippen LogP contribution in [-0.4, -0.2) is 15.0 Å². The van der Waals surface area contributed by atoms with E-state index in [1.807, 2.05) is 10.9 Å². The lowest BCUT2D eigenvalue weighted by Crippen LogP contribution is -2.09. The summed E-state index contributed by atoms with van der Waals surface area (Å²) in [4.78, 5) is 0. The summed E-state index contributed by atoms with van der Waals surface area (Å²) in [7, 11) is 0. The van der Waals surface area contributed by atoms with Crippen molar-refractivity contribution in [1.82, 2.24) is 15.0 Å². The quantitative estimate of drug-likeness (QED) is 0.917. The Morgan fingerprint density at radius 3 is 2.42 bits per heavy atom. The van der Waals surface area contributed by atoms with E-state index in [-0.39, 0.29) is 6.04 Å². The molecule has 0 aliphatic rings. The van der Waals surface area contributed by atoms with E-state index in [2.05, 4.69) is 50.1 Å². The summed E-state index contributed by atoms with van der Waals surface area (Å²) in [6, 6.07) is 4.39. The maximum absolute atomic E-state index is 5.96. The second-order valence-electron chi connectivity index (χ2n) is 5.23. The average molecular weight is 258 g/mol. The fraction of sp³-hybridized carbons (Fsp3) is 0.467. The Labute approximate surface area is 114 Å². The van der Waals surface area contributed by atoms with Crippen molar-refractivity contribution in [3.05, 3.63) is 46.3 Å². The molecule has 1 aromatic carbocycles. The van der Waals surface area contributed by atoms with Crippen molar-refractivity contribution in [3.63, 3.8) is 0 Å². The average Bonchev–Trinajstić information content (AvgIpc) is 2.81. The van der Waals surface area contributed by atoms with Gasteiger partial charge in [0.2, 0.25) is 0 Å². The summed E-state index contributed by atoms with van der Waals surface area (Å²) < 4.78 is 1.87. The minimum atomic E-state index is -0.0195. The lowest BCUT2D eigenvalue weighted by Gasteiger charge is -2.11. The van der Waals surface area contributed by atoms with Gasteiger partial charge >= 0.3 is 0 Å². The normalized spacial score (nSPS) is 12.7. The summed E-state index contributed by atoms with van der Waals surface area (Å²) in [5.74, 6) is 0. The molecule has 0 radical (unpaired) electrons. The maximum atomic E-state index is 5.96. The molecule has 19 heavy (non-hydrogen) atoms. The Kier molecular flexibility index (Phi) is 4.00. The van der Waals surface area contributed by atoms with Gasteiger partial charge in [-0.2, -0.15) is 0 Å². The van der Waals surface area contributed by atoms with Crippen LogP contribution in [-0.2, 0) is 6.54 Å². The van der Waals surface area contributed by atoms with Gasteiger partial charge in [-0.3, -0.25) is 0 Å². The largest absolute Gasteiger partial charge is 0.323 e. The number of hydrogen-bond acceptors (Lipinski definition) is 3. The van der Waals surface area contributed by atoms with Crippen molar-refractivity contribution in [3.8, 4) is 0 Å². The highest BCUT2D eigenvalue weighted by Crippen LogP contribution is 2.18. The van der Waals surface area contributed by atoms with Gasteiger partial charge in [-0.15, -0.1) is 5.10 Å². The van der Waals surface area contributed by atoms with Crippen molar-refractivity contribution in [1.29, 1.82) is 0 Å². The van der Waals surface area contributed by atoms with Crippen LogP contribution in [0.25, 0.3) is 0 Å². The van der Waals surface area contributed by atoms with Crippen molar-refractivity contribution < 1.29 is 0 Å². The fourth-order valence-corrected chi connectivity index (χ4v) is 2.39. The molecule has 0 spiro atoms. The summed E-state index contributed by atoms with van der Waals surface area (Å²) in [6.07, 6.45) is 2.83. The molecule has 0 aliphatic heterocycles. The fourth-order valence-electron chi connectivity index (χ4n) is 2.39. The Hall–Kier alpha value is -1.68. The second kappa shape index (κ2) is 5.53. The zero-order valence-electron chi connectivity index (χ0n) is 12.1. The van der Waals surface area contributed by atoms with Crippen LogP contribution in [0.4, 0.5) is 0 Å². The molecule has 1 aromatic heterocycles. The zero-order chi connectivity index (χ0) is 14.0. The molecule has 1 heterocycles. The highest BCUT2D eigenvalue weighted by atomic mass is 15.4. The van der Waals surface area contributed by atoms with E-state index in [1.165, 1.54) is 22.3 Å². The summed E-state index contributed by atoms with van der Waals surface area (Å²) in [5.41, 5.74) is 12.0. The second-order valence-corrected chi connectivity index (χ2v) is 5.23. The van der Waals surface area contributed by atoms with Crippen LogP contribution in [0.3, 0.4) is 0 Å². The van der Waals surface area contributed by atoms with Gasteiger partial charge in [-0.1, -0.05) is 29.8 Å². The highest BCUT2D eigenvalue weighted by molar-refractivity contribution is 5.37. The van der Waals surface area contributed by atoms with Gasteiger partial charge in [0.15, 0.2) is 0 Å². The molecule has 0 amide bonds. The number of benzene rings is 1. The lowest BCUT2D eigenvalue weighted by atomic mass is 10.00. The number of aryl methyl sites for hydroxylation is 3. The molecule has 0 saturated heterocycles. The van der Waals surface area contributed by atoms with Gasteiger partial charge < -0.3 is 5.73 Å². The van der Waals surface area contributed by atoms with Crippen LogP contribution in [0, 0.1) is 20.8 Å². The first-order chi connectivity index (χ1) is 9.01. The molecule has 4 heteroatoms. The van der Waals surface area contributed by atoms with Gasteiger partial charge in [-0.25, -0.2) is 4.68 Å². The molecule has 2 rings (SSSR count). The van der Waals surface area contributed by atoms with Gasteiger partial charge in [0.25, 0.3) is 0 Å². The Morgan fingerprint density at radius 1 is 1.21 bits per heavy atom. The first-order valence-electron chi connectivity index (χ1n) is 6.73. The first-order valence-corrected chi connectivity index (χ1v) is 6.73. The number of hydrogen-bond donors (Lipinski definition) is 1. The van der Waals surface area contributed by atoms with Crippen molar-refractivity contribution in [2.24, 2.45) is 5.73 Å². The predicted molar refractivity (Wildman–Crippen MR) is 77.0 cm³/mol. The van der Waals surface area contributed by atoms with E-state index in [4.69, 9.17) is 5.73 Å². The topological polar surface area (TPSA) is 56.7 Å². The van der Waals surface area contributed by atoms with E-state index >= 15 is 0 Å². The van der Waals surface area contributed by atoms with Crippen LogP contribution in [0.1, 0.15) is 47.3 Å². The third kappa shape index (κ3) is 3.01. The third-order valence-corrected chi connectivity index (χ3v) is 3.54. The number of aromatic nitrogens is 3. The molecule has 4 nitrogen and oxygen atoms in total. The zero-order valence-corrected chi connectivity index (χ0v) is 12.1. The maximum Gasteiger partial charge on any atom is 0.0994 e. The van der Waals surface area contributed by atoms with Gasteiger partial charge in [-0.05, 0) is 43.9 Å². The van der Waals surface area contributed by atoms with E-state index in [0.717, 1.165) is 18.7 Å². The monoisotopic (exact) mass is 258 g/mol. The Bertz CT molecular complexity index is 548. The van der Waals surface area contributed by atoms with Crippen LogP contribution in [0.15, 0.2) is 18.3 Å². The van der Waals surface area contributed by atoms with Crippen LogP contribution < -0.4 is 5.73 Å². The lowest BCUT2D eigenvalue weighted by molar-refractivity contribution is 0.640. The molecule has 0 fully saturated rings. The minimum absolute atomic E-state index is 0.0195. The summed E-state index contributed by atoms with van der Waals surface area (Å²) in [6.45, 7) is 9.22. The van der Waals surface area contributed by atoms with E-state index in [0.29, 0.717) is 0 Å². The summed E-state index contributed by atoms with van der Waals surface area (Å²) >= 11 is 0. The Morgan fingerprint density at radius 2 is 1.84 bits per heavy atom. The molecular weight excluding hydrogens is 236 g/mol. The van der Waals surface area contributed by atoms with Crippen LogP contribution in [0.2, 0.25) is 0 Å². The predicted octanol–water partition coefficient (Wildman–Crippen LogP) is 2.66. The molecule has 0 aliphatic carbocycles. The molecule has 2 N–H and O–H groups in total. The van der Waals surface area contributed by atoms with E-state index in [9.17, 15) is 0 Å². The van der Waals surface area contributed by atoms with E-state index < -0.39 is 0 Å². The van der Waals surface area contributed by atoms with Gasteiger partial charge in [0.1, 0.15) is 0 Å². The molecule has 0 bridgehead atoms. The number of rotatable bonds is 4. The minimum Gasteiger partial charge on any atom is -0.323 e. The molecule has 1 unspecified atom stereocenters. The van der Waals surface area contributed by atoms with Crippen LogP contribution in [0.5, 0.6) is 0 Å². The van der Waals surface area contributed by atoms with Gasteiger partial charge in [0.05, 0.1) is 24.5 Å². The van der Waals surface area contributed by atoms with Crippen molar-refractivity contribution in [2.75, 3.05) is 0 Å². The molecule has 102 valence electrons. The molecular formula is C15H22N4. The van der Waals surface area contributed by atoms with Crippen molar-refractivity contribution >= 4 is 0 Å². The number of nitrogens with two attached hydrogens (primary N) is 1. The van der Waals surface area contributed by atoms with Crippen LogP contribution >= 0.6 is 0 Å². The van der Waals surface area contributed by atoms with Crippen molar-refractivity contribution in [2.45, 2.75) is 46.7 Å². The smallest absolute Gasteiger partial charge is 0.0994 e. The number of nitrogens with zero attached hydrogens (tertiary/aromatic N) is 3. The standard InChI is InChI=1S/C15H22N4/c1-5-14(16)15-9-19(18-17-15)8-13-11(3)6-10(2)7-12(13)4/h6-7,9,14H,5,8,16H2,1-4H3.